The largest absolute Gasteiger partial charge is 0.494 e. The number of nitrogens with one attached hydrogen (secondary N) is 1. The highest BCUT2D eigenvalue weighted by atomic mass is 16.5. The average molecular weight is 343 g/mol. The van der Waals surface area contributed by atoms with E-state index in [0.717, 1.165) is 24.2 Å². The highest BCUT2D eigenvalue weighted by molar-refractivity contribution is 5.76. The van der Waals surface area contributed by atoms with Crippen LogP contribution >= 0.6 is 0 Å². The predicted octanol–water partition coefficient (Wildman–Crippen LogP) is 1.30. The number of rotatable bonds is 5. The molecule has 7 heteroatoms. The number of nitrogens with zero attached hydrogens (tertiary/aromatic N) is 2. The molecule has 0 spiro atoms. The summed E-state index contributed by atoms with van der Waals surface area (Å²) in [7, 11) is 0. The van der Waals surface area contributed by atoms with Gasteiger partial charge in [-0.25, -0.2) is 4.79 Å². The zero-order chi connectivity index (χ0) is 17.8. The van der Waals surface area contributed by atoms with E-state index in [-0.39, 0.29) is 18.5 Å². The number of benzene rings is 1. The molecule has 3 rings (SSSR count). The van der Waals surface area contributed by atoms with Crippen molar-refractivity contribution < 1.29 is 9.53 Å². The van der Waals surface area contributed by atoms with E-state index in [4.69, 9.17) is 4.74 Å². The van der Waals surface area contributed by atoms with Gasteiger partial charge in [-0.2, -0.15) is 0 Å². The first-order valence-electron chi connectivity index (χ1n) is 8.40. The Kier molecular flexibility index (Phi) is 5.02. The van der Waals surface area contributed by atoms with Crippen molar-refractivity contribution in [1.29, 1.82) is 0 Å². The molecule has 1 fully saturated rings. The minimum absolute atomic E-state index is 0.00152. The van der Waals surface area contributed by atoms with Crippen LogP contribution in [0.15, 0.2) is 46.1 Å². The van der Waals surface area contributed by atoms with Crippen molar-refractivity contribution in [3.8, 4) is 5.75 Å². The zero-order valence-electron chi connectivity index (χ0n) is 14.1. The topological polar surface area (TPSA) is 84.4 Å². The minimum Gasteiger partial charge on any atom is -0.494 e. The zero-order valence-corrected chi connectivity index (χ0v) is 14.1. The molecule has 1 N–H and O–H groups in total. The third kappa shape index (κ3) is 3.81. The first-order chi connectivity index (χ1) is 12.1. The van der Waals surface area contributed by atoms with Gasteiger partial charge in [0, 0.05) is 18.8 Å². The van der Waals surface area contributed by atoms with E-state index in [1.165, 1.54) is 16.8 Å². The standard InChI is InChI=1S/C18H21N3O4/c1-2-25-14-7-5-13(6-8-14)15-4-3-10-21(15)17(23)12-20-11-9-16(22)19-18(20)24/h5-9,11,15H,2-4,10,12H2,1H3,(H,19,22,24). The molecule has 25 heavy (non-hydrogen) atoms. The van der Waals surface area contributed by atoms with Crippen molar-refractivity contribution >= 4 is 5.91 Å². The van der Waals surface area contributed by atoms with Crippen LogP contribution in [-0.4, -0.2) is 33.5 Å². The molecule has 0 radical (unpaired) electrons. The van der Waals surface area contributed by atoms with Crippen molar-refractivity contribution in [1.82, 2.24) is 14.5 Å². The first kappa shape index (κ1) is 17.0. The first-order valence-corrected chi connectivity index (χ1v) is 8.40. The molecule has 1 saturated heterocycles. The number of carbonyl (C=O) groups is 1. The highest BCUT2D eigenvalue weighted by Crippen LogP contribution is 2.32. The van der Waals surface area contributed by atoms with Gasteiger partial charge in [-0.05, 0) is 37.5 Å². The van der Waals surface area contributed by atoms with Crippen LogP contribution in [0.25, 0.3) is 0 Å². The quantitative estimate of drug-likeness (QED) is 0.887. The van der Waals surface area contributed by atoms with Crippen molar-refractivity contribution in [2.24, 2.45) is 0 Å². The maximum atomic E-state index is 12.7. The number of hydrogen-bond acceptors (Lipinski definition) is 4. The van der Waals surface area contributed by atoms with Crippen LogP contribution in [-0.2, 0) is 11.3 Å². The molecular weight excluding hydrogens is 322 g/mol. The lowest BCUT2D eigenvalue weighted by molar-refractivity contribution is -0.132. The van der Waals surface area contributed by atoms with Crippen molar-refractivity contribution in [3.63, 3.8) is 0 Å². The summed E-state index contributed by atoms with van der Waals surface area (Å²) in [5.41, 5.74) is 0.0166. The van der Waals surface area contributed by atoms with Gasteiger partial charge in [0.25, 0.3) is 5.56 Å². The molecule has 7 nitrogen and oxygen atoms in total. The molecule has 1 unspecified atom stereocenters. The fourth-order valence-electron chi connectivity index (χ4n) is 3.17. The molecule has 1 amide bonds. The monoisotopic (exact) mass is 343 g/mol. The van der Waals surface area contributed by atoms with Crippen LogP contribution in [0.3, 0.4) is 0 Å². The second kappa shape index (κ2) is 7.38. The average Bonchev–Trinajstić information content (AvgIpc) is 3.08. The van der Waals surface area contributed by atoms with Gasteiger partial charge >= 0.3 is 5.69 Å². The van der Waals surface area contributed by atoms with Gasteiger partial charge in [0.15, 0.2) is 0 Å². The van der Waals surface area contributed by atoms with Gasteiger partial charge in [0.2, 0.25) is 5.91 Å². The second-order valence-corrected chi connectivity index (χ2v) is 5.99. The lowest BCUT2D eigenvalue weighted by atomic mass is 10.0. The van der Waals surface area contributed by atoms with Crippen LogP contribution in [0, 0.1) is 0 Å². The van der Waals surface area contributed by atoms with Gasteiger partial charge in [-0.3, -0.25) is 19.1 Å². The Morgan fingerprint density at radius 2 is 2.00 bits per heavy atom. The van der Waals surface area contributed by atoms with Crippen molar-refractivity contribution in [2.45, 2.75) is 32.4 Å². The normalized spacial score (nSPS) is 16.8. The van der Waals surface area contributed by atoms with Crippen molar-refractivity contribution in [2.75, 3.05) is 13.2 Å². The van der Waals surface area contributed by atoms with E-state index in [1.807, 2.05) is 31.2 Å². The van der Waals surface area contributed by atoms with Crippen LogP contribution in [0.4, 0.5) is 0 Å². The predicted molar refractivity (Wildman–Crippen MR) is 92.6 cm³/mol. The van der Waals surface area contributed by atoms with E-state index < -0.39 is 11.2 Å². The van der Waals surface area contributed by atoms with Gasteiger partial charge in [-0.15, -0.1) is 0 Å². The maximum Gasteiger partial charge on any atom is 0.328 e. The smallest absolute Gasteiger partial charge is 0.328 e. The van der Waals surface area contributed by atoms with Crippen LogP contribution in [0.2, 0.25) is 0 Å². The lowest BCUT2D eigenvalue weighted by Gasteiger charge is -2.25. The maximum absolute atomic E-state index is 12.7. The molecule has 0 aliphatic carbocycles. The Hall–Kier alpha value is -2.83. The number of amides is 1. The molecule has 2 heterocycles. The summed E-state index contributed by atoms with van der Waals surface area (Å²) in [6, 6.07) is 9.02. The Morgan fingerprint density at radius 3 is 2.68 bits per heavy atom. The van der Waals surface area contributed by atoms with E-state index in [0.29, 0.717) is 13.2 Å². The number of carbonyl (C=O) groups excluding carboxylic acids is 1. The van der Waals surface area contributed by atoms with E-state index >= 15 is 0 Å². The summed E-state index contributed by atoms with van der Waals surface area (Å²) >= 11 is 0. The van der Waals surface area contributed by atoms with Crippen LogP contribution in [0.1, 0.15) is 31.4 Å². The molecule has 1 aliphatic heterocycles. The van der Waals surface area contributed by atoms with Crippen LogP contribution in [0.5, 0.6) is 5.75 Å². The SMILES string of the molecule is CCOc1ccc(C2CCCN2C(=O)Cn2ccc(=O)[nH]c2=O)cc1. The summed E-state index contributed by atoms with van der Waals surface area (Å²) in [5, 5.41) is 0. The van der Waals surface area contributed by atoms with Gasteiger partial charge in [0.1, 0.15) is 12.3 Å². The van der Waals surface area contributed by atoms with Gasteiger partial charge in [0.05, 0.1) is 12.6 Å². The molecule has 1 aromatic heterocycles. The van der Waals surface area contributed by atoms with E-state index in [1.54, 1.807) is 4.90 Å². The third-order valence-corrected chi connectivity index (χ3v) is 4.35. The third-order valence-electron chi connectivity index (χ3n) is 4.35. The Labute approximate surface area is 144 Å². The number of ether oxygens (including phenoxy) is 1. The molecule has 132 valence electrons. The number of H-pyrrole nitrogens is 1. The molecule has 0 saturated carbocycles. The fraction of sp³-hybridized carbons (Fsp3) is 0.389. The van der Waals surface area contributed by atoms with E-state index in [9.17, 15) is 14.4 Å². The number of aromatic amines is 1. The Bertz CT molecular complexity index is 854. The summed E-state index contributed by atoms with van der Waals surface area (Å²) in [5.74, 6) is 0.674. The van der Waals surface area contributed by atoms with E-state index in [2.05, 4.69) is 4.98 Å². The molecule has 1 atom stereocenters. The van der Waals surface area contributed by atoms with Crippen molar-refractivity contribution in [3.05, 3.63) is 62.9 Å². The molecule has 1 aromatic carbocycles. The summed E-state index contributed by atoms with van der Waals surface area (Å²) in [6.45, 7) is 3.13. The Balaban J connectivity index is 1.75. The molecular formula is C18H21N3O4. The van der Waals surface area contributed by atoms with Crippen LogP contribution < -0.4 is 16.0 Å². The summed E-state index contributed by atoms with van der Waals surface area (Å²) in [6.07, 6.45) is 3.16. The lowest BCUT2D eigenvalue weighted by Crippen LogP contribution is -2.38. The van der Waals surface area contributed by atoms with Gasteiger partial charge < -0.3 is 9.64 Å². The summed E-state index contributed by atoms with van der Waals surface area (Å²) < 4.78 is 6.67. The summed E-state index contributed by atoms with van der Waals surface area (Å²) in [4.78, 5) is 39.5. The highest BCUT2D eigenvalue weighted by Gasteiger charge is 2.30. The Morgan fingerprint density at radius 1 is 1.24 bits per heavy atom. The molecule has 0 bridgehead atoms. The molecule has 1 aliphatic rings. The number of likely N-dealkylation sites (tertiary alicyclic amines) is 1. The second-order valence-electron chi connectivity index (χ2n) is 5.99. The number of hydrogen-bond donors (Lipinski definition) is 1. The van der Waals surface area contributed by atoms with Gasteiger partial charge in [-0.1, -0.05) is 12.1 Å². The minimum atomic E-state index is -0.572. The number of aromatic nitrogens is 2. The fourth-order valence-corrected chi connectivity index (χ4v) is 3.17. The molecule has 2 aromatic rings.